The highest BCUT2D eigenvalue weighted by Gasteiger charge is 1.98. The second-order valence-electron chi connectivity index (χ2n) is 3.72. The minimum Gasteiger partial charge on any atom is -0.388 e. The van der Waals surface area contributed by atoms with E-state index in [1.165, 1.54) is 0 Å². The lowest BCUT2D eigenvalue weighted by molar-refractivity contribution is 0.924. The van der Waals surface area contributed by atoms with Gasteiger partial charge in [-0.1, -0.05) is 13.0 Å². The third kappa shape index (κ3) is 2.93. The van der Waals surface area contributed by atoms with E-state index in [0.717, 1.165) is 29.3 Å². The average Bonchev–Trinajstić information content (AvgIpc) is 2.40. The fraction of sp³-hybridized carbons (Fsp3) is 0.231. The fourth-order valence-electron chi connectivity index (χ4n) is 1.52. The van der Waals surface area contributed by atoms with Crippen molar-refractivity contribution in [3.63, 3.8) is 0 Å². The molecule has 0 radical (unpaired) electrons. The molecule has 0 atom stereocenters. The summed E-state index contributed by atoms with van der Waals surface area (Å²) in [6, 6.07) is 11.9. The zero-order valence-electron chi connectivity index (χ0n) is 10.1. The molecule has 1 aromatic heterocycles. The first-order valence-electron chi connectivity index (χ1n) is 5.69. The Labute approximate surface area is 101 Å². The Morgan fingerprint density at radius 3 is 2.53 bits per heavy atom. The Morgan fingerprint density at radius 2 is 1.88 bits per heavy atom. The van der Waals surface area contributed by atoms with Crippen LogP contribution >= 0.6 is 0 Å². The SMILES string of the molecule is CCc1ccc(Nc2cccc(NC)c2)nn1. The molecule has 1 aromatic carbocycles. The lowest BCUT2D eigenvalue weighted by Gasteiger charge is -2.07. The summed E-state index contributed by atoms with van der Waals surface area (Å²) >= 11 is 0. The molecule has 1 heterocycles. The van der Waals surface area contributed by atoms with Gasteiger partial charge in [-0.25, -0.2) is 0 Å². The Balaban J connectivity index is 2.13. The van der Waals surface area contributed by atoms with Crippen LogP contribution in [-0.4, -0.2) is 17.2 Å². The zero-order chi connectivity index (χ0) is 12.1. The monoisotopic (exact) mass is 228 g/mol. The van der Waals surface area contributed by atoms with Crippen LogP contribution in [0.25, 0.3) is 0 Å². The molecule has 2 rings (SSSR count). The zero-order valence-corrected chi connectivity index (χ0v) is 10.1. The largest absolute Gasteiger partial charge is 0.388 e. The van der Waals surface area contributed by atoms with Crippen LogP contribution < -0.4 is 10.6 Å². The molecule has 2 N–H and O–H groups in total. The minimum absolute atomic E-state index is 0.760. The molecule has 17 heavy (non-hydrogen) atoms. The lowest BCUT2D eigenvalue weighted by atomic mass is 10.2. The first kappa shape index (κ1) is 11.4. The van der Waals surface area contributed by atoms with E-state index in [1.54, 1.807) is 0 Å². The van der Waals surface area contributed by atoms with Crippen molar-refractivity contribution in [1.82, 2.24) is 10.2 Å². The predicted molar refractivity (Wildman–Crippen MR) is 70.7 cm³/mol. The molecule has 0 saturated heterocycles. The van der Waals surface area contributed by atoms with Crippen LogP contribution in [0.4, 0.5) is 17.2 Å². The third-order valence-electron chi connectivity index (χ3n) is 2.51. The first-order chi connectivity index (χ1) is 8.31. The smallest absolute Gasteiger partial charge is 0.153 e. The number of benzene rings is 1. The van der Waals surface area contributed by atoms with Gasteiger partial charge < -0.3 is 10.6 Å². The number of hydrogen-bond acceptors (Lipinski definition) is 4. The van der Waals surface area contributed by atoms with Crippen molar-refractivity contribution in [3.05, 3.63) is 42.1 Å². The average molecular weight is 228 g/mol. The summed E-state index contributed by atoms with van der Waals surface area (Å²) in [7, 11) is 1.90. The number of anilines is 3. The molecule has 2 aromatic rings. The van der Waals surface area contributed by atoms with Gasteiger partial charge in [0.1, 0.15) is 0 Å². The van der Waals surface area contributed by atoms with Gasteiger partial charge in [0.15, 0.2) is 5.82 Å². The van der Waals surface area contributed by atoms with Crippen LogP contribution in [0, 0.1) is 0 Å². The van der Waals surface area contributed by atoms with Crippen molar-refractivity contribution in [1.29, 1.82) is 0 Å². The van der Waals surface area contributed by atoms with E-state index in [0.29, 0.717) is 0 Å². The van der Waals surface area contributed by atoms with Crippen molar-refractivity contribution >= 4 is 17.2 Å². The normalized spacial score (nSPS) is 10.0. The summed E-state index contributed by atoms with van der Waals surface area (Å²) in [5.74, 6) is 0.760. The van der Waals surface area contributed by atoms with Gasteiger partial charge >= 0.3 is 0 Å². The van der Waals surface area contributed by atoms with Crippen LogP contribution in [-0.2, 0) is 6.42 Å². The first-order valence-corrected chi connectivity index (χ1v) is 5.69. The Hall–Kier alpha value is -2.10. The van der Waals surface area contributed by atoms with E-state index in [-0.39, 0.29) is 0 Å². The molecule has 0 bridgehead atoms. The maximum absolute atomic E-state index is 4.12. The van der Waals surface area contributed by atoms with Crippen LogP contribution in [0.5, 0.6) is 0 Å². The summed E-state index contributed by atoms with van der Waals surface area (Å²) in [5.41, 5.74) is 3.06. The molecule has 4 nitrogen and oxygen atoms in total. The van der Waals surface area contributed by atoms with Crippen LogP contribution in [0.3, 0.4) is 0 Å². The molecule has 0 fully saturated rings. The third-order valence-corrected chi connectivity index (χ3v) is 2.51. The Morgan fingerprint density at radius 1 is 1.06 bits per heavy atom. The van der Waals surface area contributed by atoms with Gasteiger partial charge in [-0.2, -0.15) is 5.10 Å². The minimum atomic E-state index is 0.760. The predicted octanol–water partition coefficient (Wildman–Crippen LogP) is 2.82. The molecule has 0 aliphatic rings. The molecular weight excluding hydrogens is 212 g/mol. The maximum Gasteiger partial charge on any atom is 0.153 e. The van der Waals surface area contributed by atoms with E-state index in [4.69, 9.17) is 0 Å². The lowest BCUT2D eigenvalue weighted by Crippen LogP contribution is -1.98. The van der Waals surface area contributed by atoms with Gasteiger partial charge in [0, 0.05) is 18.4 Å². The number of rotatable bonds is 4. The Kier molecular flexibility index (Phi) is 3.55. The number of nitrogens with one attached hydrogen (secondary N) is 2. The van der Waals surface area contributed by atoms with Crippen LogP contribution in [0.15, 0.2) is 36.4 Å². The van der Waals surface area contributed by atoms with E-state index >= 15 is 0 Å². The summed E-state index contributed by atoms with van der Waals surface area (Å²) < 4.78 is 0. The van der Waals surface area contributed by atoms with E-state index in [2.05, 4.69) is 27.8 Å². The van der Waals surface area contributed by atoms with Crippen molar-refractivity contribution in [2.24, 2.45) is 0 Å². The molecule has 88 valence electrons. The van der Waals surface area contributed by atoms with Gasteiger partial charge in [-0.15, -0.1) is 5.10 Å². The van der Waals surface area contributed by atoms with Gasteiger partial charge in [0.05, 0.1) is 5.69 Å². The van der Waals surface area contributed by atoms with E-state index < -0.39 is 0 Å². The molecule has 4 heteroatoms. The molecular formula is C13H16N4. The highest BCUT2D eigenvalue weighted by atomic mass is 15.2. The molecule has 0 aliphatic heterocycles. The summed E-state index contributed by atoms with van der Waals surface area (Å²) in [4.78, 5) is 0. The number of hydrogen-bond donors (Lipinski definition) is 2. The molecule has 0 amide bonds. The molecule has 0 aliphatic carbocycles. The van der Waals surface area contributed by atoms with Crippen molar-refractivity contribution in [3.8, 4) is 0 Å². The second-order valence-corrected chi connectivity index (χ2v) is 3.72. The van der Waals surface area contributed by atoms with Crippen molar-refractivity contribution < 1.29 is 0 Å². The quantitative estimate of drug-likeness (QED) is 0.844. The van der Waals surface area contributed by atoms with Crippen LogP contribution in [0.2, 0.25) is 0 Å². The number of nitrogens with zero attached hydrogens (tertiary/aromatic N) is 2. The van der Waals surface area contributed by atoms with Crippen molar-refractivity contribution in [2.45, 2.75) is 13.3 Å². The highest BCUT2D eigenvalue weighted by Crippen LogP contribution is 2.18. The summed E-state index contributed by atoms with van der Waals surface area (Å²) in [5, 5.41) is 14.5. The molecule has 0 spiro atoms. The van der Waals surface area contributed by atoms with E-state index in [1.807, 2.05) is 43.4 Å². The van der Waals surface area contributed by atoms with E-state index in [9.17, 15) is 0 Å². The summed E-state index contributed by atoms with van der Waals surface area (Å²) in [6.45, 7) is 2.06. The van der Waals surface area contributed by atoms with Gasteiger partial charge in [0.2, 0.25) is 0 Å². The summed E-state index contributed by atoms with van der Waals surface area (Å²) in [6.07, 6.45) is 0.905. The fourth-order valence-corrected chi connectivity index (χ4v) is 1.52. The van der Waals surface area contributed by atoms with Gasteiger partial charge in [-0.05, 0) is 36.8 Å². The standard InChI is InChI=1S/C13H16N4/c1-3-10-7-8-13(17-16-10)15-12-6-4-5-11(9-12)14-2/h4-9,14H,3H2,1-2H3,(H,15,17). The maximum atomic E-state index is 4.12. The number of aryl methyl sites for hydroxylation is 1. The van der Waals surface area contributed by atoms with Gasteiger partial charge in [-0.3, -0.25) is 0 Å². The Bertz CT molecular complexity index is 479. The topological polar surface area (TPSA) is 49.8 Å². The van der Waals surface area contributed by atoms with Crippen molar-refractivity contribution in [2.75, 3.05) is 17.7 Å². The van der Waals surface area contributed by atoms with Gasteiger partial charge in [0.25, 0.3) is 0 Å². The highest BCUT2D eigenvalue weighted by molar-refractivity contribution is 5.62. The van der Waals surface area contributed by atoms with Crippen LogP contribution in [0.1, 0.15) is 12.6 Å². The molecule has 0 unspecified atom stereocenters. The number of aromatic nitrogens is 2. The second kappa shape index (κ2) is 5.30. The molecule has 0 saturated carbocycles.